The molecule has 2 nitrogen and oxygen atoms in total. The molecule has 14 heavy (non-hydrogen) atoms. The van der Waals surface area contributed by atoms with Crippen molar-refractivity contribution in [2.75, 3.05) is 6.54 Å². The van der Waals surface area contributed by atoms with E-state index >= 15 is 0 Å². The SMILES string of the molecule is CCNC1CC(=O)CCC12CCCC2. The van der Waals surface area contributed by atoms with Crippen LogP contribution in [0.15, 0.2) is 0 Å². The highest BCUT2D eigenvalue weighted by molar-refractivity contribution is 5.80. The highest BCUT2D eigenvalue weighted by atomic mass is 16.1. The fourth-order valence-corrected chi connectivity index (χ4v) is 3.32. The van der Waals surface area contributed by atoms with E-state index in [4.69, 9.17) is 0 Å². The fourth-order valence-electron chi connectivity index (χ4n) is 3.32. The largest absolute Gasteiger partial charge is 0.313 e. The van der Waals surface area contributed by atoms with Gasteiger partial charge >= 0.3 is 0 Å². The van der Waals surface area contributed by atoms with Crippen molar-refractivity contribution in [3.63, 3.8) is 0 Å². The number of carbonyl (C=O) groups excluding carboxylic acids is 1. The van der Waals surface area contributed by atoms with Crippen LogP contribution >= 0.6 is 0 Å². The second kappa shape index (κ2) is 4.01. The van der Waals surface area contributed by atoms with Crippen molar-refractivity contribution in [3.05, 3.63) is 0 Å². The molecule has 1 spiro atoms. The van der Waals surface area contributed by atoms with E-state index in [1.54, 1.807) is 0 Å². The normalized spacial score (nSPS) is 31.2. The zero-order valence-corrected chi connectivity index (χ0v) is 9.14. The summed E-state index contributed by atoms with van der Waals surface area (Å²) in [5.41, 5.74) is 0.490. The van der Waals surface area contributed by atoms with Crippen LogP contribution < -0.4 is 5.32 Å². The average Bonchev–Trinajstić information content (AvgIpc) is 2.62. The van der Waals surface area contributed by atoms with Crippen LogP contribution in [0.25, 0.3) is 0 Å². The van der Waals surface area contributed by atoms with E-state index in [9.17, 15) is 4.79 Å². The Bertz CT molecular complexity index is 218. The number of hydrogen-bond donors (Lipinski definition) is 1. The van der Waals surface area contributed by atoms with Gasteiger partial charge < -0.3 is 5.32 Å². The van der Waals surface area contributed by atoms with Gasteiger partial charge in [-0.15, -0.1) is 0 Å². The van der Waals surface area contributed by atoms with Crippen LogP contribution in [0, 0.1) is 5.41 Å². The van der Waals surface area contributed by atoms with E-state index in [2.05, 4.69) is 12.2 Å². The third-order valence-electron chi connectivity index (χ3n) is 4.12. The van der Waals surface area contributed by atoms with Gasteiger partial charge in [0.15, 0.2) is 0 Å². The zero-order chi connectivity index (χ0) is 10.0. The first kappa shape index (κ1) is 10.2. The number of carbonyl (C=O) groups is 1. The molecule has 1 unspecified atom stereocenters. The predicted octanol–water partition coefficient (Wildman–Crippen LogP) is 2.28. The minimum Gasteiger partial charge on any atom is -0.313 e. The summed E-state index contributed by atoms with van der Waals surface area (Å²) in [5, 5.41) is 3.53. The molecule has 2 rings (SSSR count). The van der Waals surface area contributed by atoms with Gasteiger partial charge in [0.1, 0.15) is 5.78 Å². The van der Waals surface area contributed by atoms with Crippen LogP contribution in [0.1, 0.15) is 51.9 Å². The smallest absolute Gasteiger partial charge is 0.134 e. The van der Waals surface area contributed by atoms with Crippen molar-refractivity contribution >= 4 is 5.78 Å². The quantitative estimate of drug-likeness (QED) is 0.732. The molecule has 0 saturated heterocycles. The summed E-state index contributed by atoms with van der Waals surface area (Å²) in [6.07, 6.45) is 8.20. The lowest BCUT2D eigenvalue weighted by atomic mass is 9.68. The Morgan fingerprint density at radius 1 is 1.36 bits per heavy atom. The van der Waals surface area contributed by atoms with Gasteiger partial charge in [-0.1, -0.05) is 19.8 Å². The van der Waals surface area contributed by atoms with Gasteiger partial charge in [-0.05, 0) is 31.2 Å². The first-order valence-electron chi connectivity index (χ1n) is 6.02. The summed E-state index contributed by atoms with van der Waals surface area (Å²) in [5.74, 6) is 0.466. The van der Waals surface area contributed by atoms with E-state index in [0.717, 1.165) is 25.8 Å². The highest BCUT2D eigenvalue weighted by Gasteiger charge is 2.44. The van der Waals surface area contributed by atoms with E-state index < -0.39 is 0 Å². The van der Waals surface area contributed by atoms with Gasteiger partial charge in [0, 0.05) is 18.9 Å². The van der Waals surface area contributed by atoms with Crippen molar-refractivity contribution in [1.29, 1.82) is 0 Å². The van der Waals surface area contributed by atoms with E-state index in [1.807, 2.05) is 0 Å². The number of ketones is 1. The molecule has 2 aliphatic rings. The van der Waals surface area contributed by atoms with E-state index in [-0.39, 0.29) is 0 Å². The Balaban J connectivity index is 2.08. The first-order valence-corrected chi connectivity index (χ1v) is 6.02. The Kier molecular flexibility index (Phi) is 2.91. The van der Waals surface area contributed by atoms with Gasteiger partial charge in [-0.3, -0.25) is 4.79 Å². The lowest BCUT2D eigenvalue weighted by Gasteiger charge is -2.41. The third-order valence-corrected chi connectivity index (χ3v) is 4.12. The fraction of sp³-hybridized carbons (Fsp3) is 0.917. The lowest BCUT2D eigenvalue weighted by Crippen LogP contribution is -2.48. The van der Waals surface area contributed by atoms with Crippen LogP contribution in [-0.4, -0.2) is 18.4 Å². The molecule has 0 aromatic carbocycles. The number of Topliss-reactive ketones (excluding diaryl/α,β-unsaturated/α-hetero) is 1. The maximum Gasteiger partial charge on any atom is 0.134 e. The summed E-state index contributed by atoms with van der Waals surface area (Å²) < 4.78 is 0. The monoisotopic (exact) mass is 195 g/mol. The van der Waals surface area contributed by atoms with Crippen molar-refractivity contribution in [3.8, 4) is 0 Å². The van der Waals surface area contributed by atoms with E-state index in [0.29, 0.717) is 17.2 Å². The number of hydrogen-bond acceptors (Lipinski definition) is 2. The third kappa shape index (κ3) is 1.72. The van der Waals surface area contributed by atoms with Gasteiger partial charge in [-0.25, -0.2) is 0 Å². The van der Waals surface area contributed by atoms with Crippen LogP contribution in [0.4, 0.5) is 0 Å². The Labute approximate surface area is 86.5 Å². The number of nitrogens with one attached hydrogen (secondary N) is 1. The van der Waals surface area contributed by atoms with Gasteiger partial charge in [-0.2, -0.15) is 0 Å². The van der Waals surface area contributed by atoms with Crippen molar-refractivity contribution in [1.82, 2.24) is 5.32 Å². The summed E-state index contributed by atoms with van der Waals surface area (Å²) in [6.45, 7) is 3.14. The second-order valence-electron chi connectivity index (χ2n) is 4.92. The Morgan fingerprint density at radius 3 is 2.71 bits per heavy atom. The average molecular weight is 195 g/mol. The minimum absolute atomic E-state index is 0.466. The first-order chi connectivity index (χ1) is 6.77. The number of rotatable bonds is 2. The highest BCUT2D eigenvalue weighted by Crippen LogP contribution is 2.48. The molecule has 0 aliphatic heterocycles. The summed E-state index contributed by atoms with van der Waals surface area (Å²) >= 11 is 0. The van der Waals surface area contributed by atoms with Gasteiger partial charge in [0.2, 0.25) is 0 Å². The molecule has 2 saturated carbocycles. The molecular formula is C12H21NO. The molecule has 0 bridgehead atoms. The van der Waals surface area contributed by atoms with Crippen LogP contribution in [0.2, 0.25) is 0 Å². The standard InChI is InChI=1S/C12H21NO/c1-2-13-11-9-10(14)5-8-12(11)6-3-4-7-12/h11,13H,2-9H2,1H3. The molecule has 2 heteroatoms. The van der Waals surface area contributed by atoms with Crippen molar-refractivity contribution < 1.29 is 4.79 Å². The molecule has 0 amide bonds. The summed E-state index contributed by atoms with van der Waals surface area (Å²) in [7, 11) is 0. The van der Waals surface area contributed by atoms with Crippen LogP contribution in [0.3, 0.4) is 0 Å². The predicted molar refractivity (Wildman–Crippen MR) is 57.2 cm³/mol. The van der Waals surface area contributed by atoms with Gasteiger partial charge in [0.25, 0.3) is 0 Å². The summed E-state index contributed by atoms with van der Waals surface area (Å²) in [4.78, 5) is 11.4. The molecule has 1 atom stereocenters. The molecule has 1 N–H and O–H groups in total. The van der Waals surface area contributed by atoms with Crippen molar-refractivity contribution in [2.24, 2.45) is 5.41 Å². The molecular weight excluding hydrogens is 174 g/mol. The van der Waals surface area contributed by atoms with Crippen LogP contribution in [0.5, 0.6) is 0 Å². The Morgan fingerprint density at radius 2 is 2.07 bits per heavy atom. The van der Waals surface area contributed by atoms with E-state index in [1.165, 1.54) is 25.7 Å². The maximum absolute atomic E-state index is 11.4. The topological polar surface area (TPSA) is 29.1 Å². The van der Waals surface area contributed by atoms with Crippen LogP contribution in [-0.2, 0) is 4.79 Å². The summed E-state index contributed by atoms with van der Waals surface area (Å²) in [6, 6.07) is 0.483. The second-order valence-corrected chi connectivity index (χ2v) is 4.92. The van der Waals surface area contributed by atoms with Crippen molar-refractivity contribution in [2.45, 2.75) is 57.9 Å². The molecule has 0 aromatic heterocycles. The lowest BCUT2D eigenvalue weighted by molar-refractivity contribution is -0.123. The zero-order valence-electron chi connectivity index (χ0n) is 9.14. The molecule has 0 aromatic rings. The molecule has 0 radical (unpaired) electrons. The molecule has 2 aliphatic carbocycles. The maximum atomic E-state index is 11.4. The van der Waals surface area contributed by atoms with Gasteiger partial charge in [0.05, 0.1) is 0 Å². The molecule has 0 heterocycles. The molecule has 2 fully saturated rings. The minimum atomic E-state index is 0.466. The Hall–Kier alpha value is -0.370. The molecule has 80 valence electrons.